The molecule has 62 valence electrons. The first-order valence-electron chi connectivity index (χ1n) is 3.38. The van der Waals surface area contributed by atoms with Gasteiger partial charge in [-0.1, -0.05) is 25.3 Å². The average molecular weight is 162 g/mol. The second kappa shape index (κ2) is 6.04. The van der Waals surface area contributed by atoms with Gasteiger partial charge in [-0.3, -0.25) is 9.59 Å². The van der Waals surface area contributed by atoms with E-state index < -0.39 is 0 Å². The summed E-state index contributed by atoms with van der Waals surface area (Å²) in [5, 5.41) is 0. The number of hydrogen-bond acceptors (Lipinski definition) is 2. The van der Waals surface area contributed by atoms with Gasteiger partial charge in [-0.25, -0.2) is 0 Å². The Bertz CT molecular complexity index is 213. The monoisotopic (exact) mass is 162 g/mol. The second-order valence-electron chi connectivity index (χ2n) is 1.94. The molecular weight excluding hydrogens is 152 g/mol. The van der Waals surface area contributed by atoms with Crippen LogP contribution in [0.3, 0.4) is 0 Å². The summed E-state index contributed by atoms with van der Waals surface area (Å²) >= 11 is 0. The third kappa shape index (κ3) is 5.11. The van der Waals surface area contributed by atoms with E-state index in [1.54, 1.807) is 12.2 Å². The molecule has 0 saturated heterocycles. The number of rotatable bonds is 1. The van der Waals surface area contributed by atoms with E-state index >= 15 is 0 Å². The van der Waals surface area contributed by atoms with Gasteiger partial charge in [-0.15, -0.1) is 0 Å². The van der Waals surface area contributed by atoms with Crippen molar-refractivity contribution < 1.29 is 9.59 Å². The summed E-state index contributed by atoms with van der Waals surface area (Å²) in [5.74, 6) is -0.241. The van der Waals surface area contributed by atoms with Gasteiger partial charge in [0.2, 0.25) is 0 Å². The highest BCUT2D eigenvalue weighted by atomic mass is 16.1. The maximum atomic E-state index is 10.3. The van der Waals surface area contributed by atoms with E-state index in [0.29, 0.717) is 0 Å². The van der Waals surface area contributed by atoms with Gasteiger partial charge in [-0.2, -0.15) is 0 Å². The number of ketones is 2. The Balaban J connectivity index is 0.000000261. The summed E-state index contributed by atoms with van der Waals surface area (Å²) < 4.78 is 0. The third-order valence-corrected chi connectivity index (χ3v) is 0.990. The van der Waals surface area contributed by atoms with Crippen LogP contribution in [-0.2, 0) is 9.59 Å². The van der Waals surface area contributed by atoms with Crippen LogP contribution < -0.4 is 0 Å². The highest BCUT2D eigenvalue weighted by Crippen LogP contribution is 1.90. The zero-order valence-electron chi connectivity index (χ0n) is 6.69. The molecule has 0 aliphatic heterocycles. The fourth-order valence-corrected chi connectivity index (χ4v) is 0.440. The minimum absolute atomic E-state index is 0.121. The van der Waals surface area contributed by atoms with E-state index in [-0.39, 0.29) is 11.6 Å². The lowest BCUT2D eigenvalue weighted by atomic mass is 10.2. The van der Waals surface area contributed by atoms with Gasteiger partial charge in [0.25, 0.3) is 0 Å². The zero-order chi connectivity index (χ0) is 9.40. The van der Waals surface area contributed by atoms with Crippen molar-refractivity contribution in [3.8, 4) is 0 Å². The molecule has 2 heteroatoms. The van der Waals surface area contributed by atoms with E-state index in [4.69, 9.17) is 0 Å². The topological polar surface area (TPSA) is 34.1 Å². The molecule has 0 atom stereocenters. The molecule has 2 nitrogen and oxygen atoms in total. The predicted molar refractivity (Wildman–Crippen MR) is 48.7 cm³/mol. The number of hydrogen-bond donors (Lipinski definition) is 0. The van der Waals surface area contributed by atoms with Gasteiger partial charge >= 0.3 is 0 Å². The van der Waals surface area contributed by atoms with Gasteiger partial charge in [0.05, 0.1) is 0 Å². The van der Waals surface area contributed by atoms with Crippen molar-refractivity contribution in [1.29, 1.82) is 0 Å². The number of carbonyl (C=O) groups is 2. The highest BCUT2D eigenvalue weighted by Gasteiger charge is 1.97. The van der Waals surface area contributed by atoms with Crippen molar-refractivity contribution in [2.45, 2.75) is 0 Å². The molecule has 0 unspecified atom stereocenters. The van der Waals surface area contributed by atoms with E-state index in [1.807, 2.05) is 0 Å². The van der Waals surface area contributed by atoms with Crippen molar-refractivity contribution in [2.75, 3.05) is 0 Å². The molecule has 0 amide bonds. The van der Waals surface area contributed by atoms with Crippen LogP contribution in [0.4, 0.5) is 0 Å². The Morgan fingerprint density at radius 3 is 1.25 bits per heavy atom. The molecule has 0 aromatic heterocycles. The fraction of sp³-hybridized carbons (Fsp3) is 0. The Labute approximate surface area is 71.6 Å². The molecule has 0 aromatic rings. The van der Waals surface area contributed by atoms with Crippen LogP contribution in [0.25, 0.3) is 0 Å². The van der Waals surface area contributed by atoms with Crippen LogP contribution in [-0.4, -0.2) is 11.6 Å². The normalized spacial score (nSPS) is 13.3. The Kier molecular flexibility index (Phi) is 5.18. The Hall–Kier alpha value is -1.70. The Morgan fingerprint density at radius 1 is 0.833 bits per heavy atom. The summed E-state index contributed by atoms with van der Waals surface area (Å²) in [4.78, 5) is 20.6. The van der Waals surface area contributed by atoms with Crippen molar-refractivity contribution >= 4 is 11.6 Å². The van der Waals surface area contributed by atoms with Gasteiger partial charge in [0.15, 0.2) is 11.6 Å². The molecule has 0 radical (unpaired) electrons. The van der Waals surface area contributed by atoms with E-state index in [1.165, 1.54) is 24.3 Å². The molecule has 1 aliphatic rings. The molecule has 1 rings (SSSR count). The van der Waals surface area contributed by atoms with E-state index in [9.17, 15) is 9.59 Å². The molecule has 0 saturated carbocycles. The van der Waals surface area contributed by atoms with Crippen molar-refractivity contribution in [2.24, 2.45) is 0 Å². The first kappa shape index (κ1) is 10.3. The van der Waals surface area contributed by atoms with E-state index in [2.05, 4.69) is 13.2 Å². The SMILES string of the molecule is C=CC=C.O=C1C=CC(=O)C=C1. The highest BCUT2D eigenvalue weighted by molar-refractivity contribution is 6.14. The summed E-state index contributed by atoms with van der Waals surface area (Å²) in [6, 6.07) is 0. The summed E-state index contributed by atoms with van der Waals surface area (Å²) in [7, 11) is 0. The van der Waals surface area contributed by atoms with Gasteiger partial charge in [-0.05, 0) is 24.3 Å². The first-order chi connectivity index (χ1) is 5.70. The molecule has 1 aliphatic carbocycles. The minimum atomic E-state index is -0.121. The van der Waals surface area contributed by atoms with Crippen LogP contribution in [0.1, 0.15) is 0 Å². The summed E-state index contributed by atoms with van der Waals surface area (Å²) in [6.07, 6.45) is 8.29. The molecule has 0 heterocycles. The standard InChI is InChI=1S/C6H4O2.C4H6/c7-5-1-2-6(8)4-3-5;1-3-4-2/h1-4H;3-4H,1-2H2. The lowest BCUT2D eigenvalue weighted by Crippen LogP contribution is -1.97. The fourth-order valence-electron chi connectivity index (χ4n) is 0.440. The largest absolute Gasteiger partial charge is 0.290 e. The molecule has 12 heavy (non-hydrogen) atoms. The molecular formula is C10H10O2. The van der Waals surface area contributed by atoms with Gasteiger partial charge < -0.3 is 0 Å². The van der Waals surface area contributed by atoms with Crippen molar-refractivity contribution in [3.05, 3.63) is 49.6 Å². The van der Waals surface area contributed by atoms with Crippen LogP contribution in [0, 0.1) is 0 Å². The van der Waals surface area contributed by atoms with Crippen LogP contribution in [0.5, 0.6) is 0 Å². The van der Waals surface area contributed by atoms with Crippen LogP contribution >= 0.6 is 0 Å². The molecule has 0 spiro atoms. The van der Waals surface area contributed by atoms with Gasteiger partial charge in [0, 0.05) is 0 Å². The third-order valence-electron chi connectivity index (χ3n) is 0.990. The first-order valence-corrected chi connectivity index (χ1v) is 3.38. The molecule has 0 fully saturated rings. The lowest BCUT2D eigenvalue weighted by Gasteiger charge is -1.87. The molecule has 0 aromatic carbocycles. The number of carbonyl (C=O) groups excluding carboxylic acids is 2. The quantitative estimate of drug-likeness (QED) is 0.433. The molecule has 0 bridgehead atoms. The summed E-state index contributed by atoms with van der Waals surface area (Å²) in [5.41, 5.74) is 0. The maximum absolute atomic E-state index is 10.3. The maximum Gasteiger partial charge on any atom is 0.178 e. The van der Waals surface area contributed by atoms with Crippen LogP contribution in [0.2, 0.25) is 0 Å². The van der Waals surface area contributed by atoms with Crippen LogP contribution in [0.15, 0.2) is 49.6 Å². The minimum Gasteiger partial charge on any atom is -0.290 e. The zero-order valence-corrected chi connectivity index (χ0v) is 6.69. The Morgan fingerprint density at radius 2 is 1.08 bits per heavy atom. The lowest BCUT2D eigenvalue weighted by molar-refractivity contribution is -0.113. The predicted octanol–water partition coefficient (Wildman–Crippen LogP) is 1.61. The van der Waals surface area contributed by atoms with E-state index in [0.717, 1.165) is 0 Å². The molecule has 0 N–H and O–H groups in total. The smallest absolute Gasteiger partial charge is 0.178 e. The summed E-state index contributed by atoms with van der Waals surface area (Å²) in [6.45, 7) is 6.72. The second-order valence-corrected chi connectivity index (χ2v) is 1.94. The average Bonchev–Trinajstić information content (AvgIpc) is 2.11. The van der Waals surface area contributed by atoms with Crippen molar-refractivity contribution in [3.63, 3.8) is 0 Å². The van der Waals surface area contributed by atoms with Crippen molar-refractivity contribution in [1.82, 2.24) is 0 Å². The van der Waals surface area contributed by atoms with Gasteiger partial charge in [0.1, 0.15) is 0 Å². The number of allylic oxidation sites excluding steroid dienone is 6.